The summed E-state index contributed by atoms with van der Waals surface area (Å²) >= 11 is 0. The van der Waals surface area contributed by atoms with E-state index in [1.165, 1.54) is 0 Å². The molecule has 3 aromatic carbocycles. The molecule has 0 aliphatic heterocycles. The third-order valence-electron chi connectivity index (χ3n) is 5.14. The molecule has 0 atom stereocenters. The molecular weight excluding hydrogens is 392 g/mol. The molecule has 0 bridgehead atoms. The van der Waals surface area contributed by atoms with E-state index in [2.05, 4.69) is 10.6 Å². The van der Waals surface area contributed by atoms with Crippen molar-refractivity contribution in [3.05, 3.63) is 89.2 Å². The highest BCUT2D eigenvalue weighted by Crippen LogP contribution is 2.32. The minimum absolute atomic E-state index is 0.0289. The zero-order valence-electron chi connectivity index (χ0n) is 17.5. The fourth-order valence-electron chi connectivity index (χ4n) is 3.29. The molecule has 4 aromatic rings. The zero-order chi connectivity index (χ0) is 22.0. The second kappa shape index (κ2) is 8.36. The van der Waals surface area contributed by atoms with Crippen molar-refractivity contribution in [1.82, 2.24) is 0 Å². The van der Waals surface area contributed by atoms with Crippen molar-refractivity contribution in [3.8, 4) is 5.75 Å². The average Bonchev–Trinajstić information content (AvgIpc) is 3.14. The van der Waals surface area contributed by atoms with Gasteiger partial charge in [0.1, 0.15) is 17.0 Å². The molecule has 0 radical (unpaired) electrons. The van der Waals surface area contributed by atoms with Gasteiger partial charge in [-0.15, -0.1) is 0 Å². The Labute approximate surface area is 179 Å². The van der Waals surface area contributed by atoms with Crippen LogP contribution < -0.4 is 15.4 Å². The number of hydrogen-bond donors (Lipinski definition) is 2. The lowest BCUT2D eigenvalue weighted by Gasteiger charge is -2.09. The van der Waals surface area contributed by atoms with Crippen LogP contribution in [-0.2, 0) is 0 Å². The maximum atomic E-state index is 13.0. The number of anilines is 2. The summed E-state index contributed by atoms with van der Waals surface area (Å²) in [5.74, 6) is -0.142. The lowest BCUT2D eigenvalue weighted by atomic mass is 10.1. The number of carbonyl (C=O) groups excluding carboxylic acids is 2. The van der Waals surface area contributed by atoms with E-state index in [0.29, 0.717) is 33.7 Å². The summed E-state index contributed by atoms with van der Waals surface area (Å²) in [6.45, 7) is 3.94. The minimum atomic E-state index is -0.472. The summed E-state index contributed by atoms with van der Waals surface area (Å²) in [6, 6.07) is 19.7. The number of methoxy groups -OCH3 is 1. The first-order chi connectivity index (χ1) is 15.0. The van der Waals surface area contributed by atoms with Gasteiger partial charge in [0.25, 0.3) is 11.8 Å². The van der Waals surface area contributed by atoms with Crippen LogP contribution in [0.5, 0.6) is 5.75 Å². The van der Waals surface area contributed by atoms with E-state index in [-0.39, 0.29) is 11.7 Å². The Morgan fingerprint density at radius 1 is 0.839 bits per heavy atom. The number of nitrogens with one attached hydrogen (secondary N) is 2. The van der Waals surface area contributed by atoms with Crippen molar-refractivity contribution in [1.29, 1.82) is 0 Å². The van der Waals surface area contributed by atoms with Gasteiger partial charge in [-0.25, -0.2) is 0 Å². The standard InChI is InChI=1S/C25H22N2O4/c1-15-11-12-17(13-16(15)2)24(28)27-22-20-9-4-5-10-21(20)31-23(22)25(29)26-18-7-6-8-19(14-18)30-3/h4-14H,1-3H3,(H,26,29)(H,27,28). The second-order valence-electron chi connectivity index (χ2n) is 7.24. The van der Waals surface area contributed by atoms with Gasteiger partial charge in [-0.3, -0.25) is 9.59 Å². The maximum absolute atomic E-state index is 13.0. The van der Waals surface area contributed by atoms with Gasteiger partial charge in [0.15, 0.2) is 0 Å². The Morgan fingerprint density at radius 2 is 1.65 bits per heavy atom. The van der Waals surface area contributed by atoms with E-state index < -0.39 is 5.91 Å². The van der Waals surface area contributed by atoms with E-state index in [1.807, 2.05) is 38.1 Å². The van der Waals surface area contributed by atoms with E-state index >= 15 is 0 Å². The quantitative estimate of drug-likeness (QED) is 0.448. The van der Waals surface area contributed by atoms with Crippen molar-refractivity contribution >= 4 is 34.2 Å². The first-order valence-electron chi connectivity index (χ1n) is 9.82. The molecule has 0 saturated heterocycles. The van der Waals surface area contributed by atoms with Crippen molar-refractivity contribution in [2.24, 2.45) is 0 Å². The molecule has 1 aromatic heterocycles. The predicted molar refractivity (Wildman–Crippen MR) is 121 cm³/mol. The monoisotopic (exact) mass is 414 g/mol. The van der Waals surface area contributed by atoms with Crippen molar-refractivity contribution in [2.45, 2.75) is 13.8 Å². The Balaban J connectivity index is 1.69. The van der Waals surface area contributed by atoms with Crippen LogP contribution in [0.1, 0.15) is 32.0 Å². The van der Waals surface area contributed by atoms with E-state index in [1.54, 1.807) is 49.6 Å². The van der Waals surface area contributed by atoms with Crippen molar-refractivity contribution in [3.63, 3.8) is 0 Å². The third kappa shape index (κ3) is 4.14. The Bertz CT molecular complexity index is 1290. The van der Waals surface area contributed by atoms with Gasteiger partial charge in [0.05, 0.1) is 7.11 Å². The summed E-state index contributed by atoms with van der Waals surface area (Å²) in [5, 5.41) is 6.32. The summed E-state index contributed by atoms with van der Waals surface area (Å²) < 4.78 is 11.0. The molecule has 2 amide bonds. The first kappa shape index (κ1) is 20.2. The first-order valence-corrected chi connectivity index (χ1v) is 9.82. The van der Waals surface area contributed by atoms with Crippen LogP contribution in [-0.4, -0.2) is 18.9 Å². The fraction of sp³-hybridized carbons (Fsp3) is 0.120. The smallest absolute Gasteiger partial charge is 0.293 e. The molecule has 2 N–H and O–H groups in total. The number of para-hydroxylation sites is 1. The van der Waals surface area contributed by atoms with Gasteiger partial charge in [0, 0.05) is 22.7 Å². The lowest BCUT2D eigenvalue weighted by molar-refractivity contribution is 0.0999. The maximum Gasteiger partial charge on any atom is 0.293 e. The highest BCUT2D eigenvalue weighted by molar-refractivity contribution is 6.16. The summed E-state index contributed by atoms with van der Waals surface area (Å²) in [6.07, 6.45) is 0. The van der Waals surface area contributed by atoms with Gasteiger partial charge >= 0.3 is 0 Å². The van der Waals surface area contributed by atoms with Gasteiger partial charge in [-0.05, 0) is 61.4 Å². The number of aryl methyl sites for hydroxylation is 2. The van der Waals surface area contributed by atoms with Crippen LogP contribution in [0.2, 0.25) is 0 Å². The molecule has 0 spiro atoms. The van der Waals surface area contributed by atoms with E-state index in [0.717, 1.165) is 11.1 Å². The number of benzene rings is 3. The molecule has 0 unspecified atom stereocenters. The molecule has 156 valence electrons. The van der Waals surface area contributed by atoms with Crippen molar-refractivity contribution in [2.75, 3.05) is 17.7 Å². The largest absolute Gasteiger partial charge is 0.497 e. The number of amides is 2. The van der Waals surface area contributed by atoms with E-state index in [9.17, 15) is 9.59 Å². The van der Waals surface area contributed by atoms with Crippen LogP contribution in [0.3, 0.4) is 0 Å². The van der Waals surface area contributed by atoms with Gasteiger partial charge < -0.3 is 19.8 Å². The molecule has 6 nitrogen and oxygen atoms in total. The highest BCUT2D eigenvalue weighted by atomic mass is 16.5. The number of furan rings is 1. The zero-order valence-corrected chi connectivity index (χ0v) is 17.5. The molecular formula is C25H22N2O4. The number of hydrogen-bond acceptors (Lipinski definition) is 4. The number of rotatable bonds is 5. The van der Waals surface area contributed by atoms with Gasteiger partial charge in [-0.1, -0.05) is 24.3 Å². The lowest BCUT2D eigenvalue weighted by Crippen LogP contribution is -2.17. The number of ether oxygens (including phenoxy) is 1. The summed E-state index contributed by atoms with van der Waals surface area (Å²) in [4.78, 5) is 26.0. The number of fused-ring (bicyclic) bond motifs is 1. The van der Waals surface area contributed by atoms with Crippen LogP contribution >= 0.6 is 0 Å². The molecule has 0 aliphatic rings. The molecule has 1 heterocycles. The van der Waals surface area contributed by atoms with Crippen molar-refractivity contribution < 1.29 is 18.7 Å². The van der Waals surface area contributed by atoms with Gasteiger partial charge in [0.2, 0.25) is 5.76 Å². The van der Waals surface area contributed by atoms with Crippen LogP contribution in [0.4, 0.5) is 11.4 Å². The Hall–Kier alpha value is -4.06. The molecule has 4 rings (SSSR count). The average molecular weight is 414 g/mol. The topological polar surface area (TPSA) is 80.6 Å². The summed E-state index contributed by atoms with van der Waals surface area (Å²) in [7, 11) is 1.56. The van der Waals surface area contributed by atoms with E-state index in [4.69, 9.17) is 9.15 Å². The van der Waals surface area contributed by atoms with Gasteiger partial charge in [-0.2, -0.15) is 0 Å². The third-order valence-corrected chi connectivity index (χ3v) is 5.14. The fourth-order valence-corrected chi connectivity index (χ4v) is 3.29. The second-order valence-corrected chi connectivity index (χ2v) is 7.24. The van der Waals surface area contributed by atoms with Crippen LogP contribution in [0.15, 0.2) is 71.1 Å². The molecule has 31 heavy (non-hydrogen) atoms. The molecule has 0 fully saturated rings. The predicted octanol–water partition coefficient (Wildman–Crippen LogP) is 5.56. The summed E-state index contributed by atoms with van der Waals surface area (Å²) in [5.41, 5.74) is 4.01. The highest BCUT2D eigenvalue weighted by Gasteiger charge is 2.23. The Morgan fingerprint density at radius 3 is 2.42 bits per heavy atom. The molecule has 0 aliphatic carbocycles. The SMILES string of the molecule is COc1cccc(NC(=O)c2oc3ccccc3c2NC(=O)c2ccc(C)c(C)c2)c1. The number of carbonyl (C=O) groups is 2. The minimum Gasteiger partial charge on any atom is -0.497 e. The Kier molecular flexibility index (Phi) is 5.45. The molecule has 0 saturated carbocycles. The van der Waals surface area contributed by atoms with Crippen LogP contribution in [0.25, 0.3) is 11.0 Å². The van der Waals surface area contributed by atoms with Crippen LogP contribution in [0, 0.1) is 13.8 Å². The molecule has 6 heteroatoms. The normalized spacial score (nSPS) is 10.7.